The first-order valence-corrected chi connectivity index (χ1v) is 11.7. The molecule has 0 fully saturated rings. The van der Waals surface area contributed by atoms with Crippen LogP contribution >= 0.6 is 0 Å². The molecule has 0 saturated heterocycles. The van der Waals surface area contributed by atoms with E-state index in [1.807, 2.05) is 0 Å². The molecule has 0 aliphatic carbocycles. The van der Waals surface area contributed by atoms with E-state index in [9.17, 15) is 0 Å². The van der Waals surface area contributed by atoms with Crippen molar-refractivity contribution in [2.24, 2.45) is 14.1 Å². The molecule has 0 saturated carbocycles. The molecule has 0 amide bonds. The fourth-order valence-electron chi connectivity index (χ4n) is 3.42. The molecule has 0 bridgehead atoms. The molecule has 0 unspecified atom stereocenters. The van der Waals surface area contributed by atoms with Crippen LogP contribution in [0.1, 0.15) is 90.9 Å². The topological polar surface area (TPSA) is 17.6 Å². The van der Waals surface area contributed by atoms with Gasteiger partial charge in [-0.2, -0.15) is 0 Å². The van der Waals surface area contributed by atoms with Gasteiger partial charge in [0.2, 0.25) is 12.7 Å². The maximum Gasteiger partial charge on any atom is 0.243 e. The van der Waals surface area contributed by atoms with E-state index >= 15 is 0 Å². The minimum Gasteiger partial charge on any atom is -1.00 e. The van der Waals surface area contributed by atoms with Crippen molar-refractivity contribution < 1.29 is 50.1 Å². The smallest absolute Gasteiger partial charge is 0.243 e. The molecule has 0 aromatic carbocycles. The molecule has 2 aromatic rings. The number of unbranched alkanes of at least 4 members (excludes halogenated alkanes) is 10. The highest BCUT2D eigenvalue weighted by Gasteiger charge is 1.99. The first-order valence-electron chi connectivity index (χ1n) is 11.7. The van der Waals surface area contributed by atoms with Crippen LogP contribution in [0, 0.1) is 0 Å². The van der Waals surface area contributed by atoms with Gasteiger partial charge in [-0.05, 0) is 25.7 Å². The van der Waals surface area contributed by atoms with Gasteiger partial charge in [-0.25, -0.2) is 18.3 Å². The normalized spacial score (nSPS) is 10.0. The highest BCUT2D eigenvalue weighted by atomic mass is 127. The third-order valence-corrected chi connectivity index (χ3v) is 5.19. The van der Waals surface area contributed by atoms with Gasteiger partial charge in [0, 0.05) is 0 Å². The number of aryl methyl sites for hydroxylation is 4. The standard InChI is InChI=1S/2C12H23N2.BrH.HI/c2*1-3-4-5-6-7-8-9-14-11-10-13(2)12-14;;/h2*10-12H,3-9H2,1-2H3;2*1H/q2*+1;;/p-2. The third kappa shape index (κ3) is 17.3. The Bertz CT molecular complexity index is 545. The Morgan fingerprint density at radius 3 is 1.20 bits per heavy atom. The fraction of sp³-hybridized carbons (Fsp3) is 0.750. The third-order valence-electron chi connectivity index (χ3n) is 5.19. The van der Waals surface area contributed by atoms with Crippen molar-refractivity contribution in [1.29, 1.82) is 0 Å². The Hall–Kier alpha value is -0.370. The van der Waals surface area contributed by atoms with Crippen molar-refractivity contribution in [3.63, 3.8) is 0 Å². The van der Waals surface area contributed by atoms with Crippen LogP contribution in [-0.4, -0.2) is 9.13 Å². The van der Waals surface area contributed by atoms with Gasteiger partial charge in [-0.15, -0.1) is 0 Å². The molecule has 30 heavy (non-hydrogen) atoms. The number of imidazole rings is 2. The van der Waals surface area contributed by atoms with Crippen LogP contribution in [0.15, 0.2) is 37.4 Å². The summed E-state index contributed by atoms with van der Waals surface area (Å²) in [7, 11) is 4.13. The van der Waals surface area contributed by atoms with Crippen LogP contribution in [-0.2, 0) is 27.2 Å². The van der Waals surface area contributed by atoms with Crippen LogP contribution in [0.25, 0.3) is 0 Å². The van der Waals surface area contributed by atoms with E-state index in [0.717, 1.165) is 0 Å². The summed E-state index contributed by atoms with van der Waals surface area (Å²) in [6.07, 6.45) is 29.3. The van der Waals surface area contributed by atoms with Gasteiger partial charge in [0.05, 0.1) is 27.2 Å². The summed E-state index contributed by atoms with van der Waals surface area (Å²) < 4.78 is 8.72. The molecule has 176 valence electrons. The predicted molar refractivity (Wildman–Crippen MR) is 118 cm³/mol. The zero-order valence-corrected chi connectivity index (χ0v) is 23.7. The second-order valence-corrected chi connectivity index (χ2v) is 8.17. The molecule has 2 heterocycles. The average Bonchev–Trinajstić information content (AvgIpc) is 3.29. The van der Waals surface area contributed by atoms with Gasteiger partial charge >= 0.3 is 0 Å². The SMILES string of the molecule is CCCCCCCCn1cc[n+](C)c1.CCCCCCCCn1cc[n+](C)c1.[Br-].[I-]. The zero-order chi connectivity index (χ0) is 20.5. The molecular formula is C24H46BrIN4. The first-order chi connectivity index (χ1) is 13.7. The largest absolute Gasteiger partial charge is 1.00 e. The van der Waals surface area contributed by atoms with Crippen LogP contribution < -0.4 is 50.1 Å². The maximum atomic E-state index is 2.26. The number of halogens is 2. The quantitative estimate of drug-likeness (QED) is 0.157. The van der Waals surface area contributed by atoms with E-state index in [1.165, 1.54) is 90.1 Å². The summed E-state index contributed by atoms with van der Waals surface area (Å²) in [6.45, 7) is 6.87. The lowest BCUT2D eigenvalue weighted by Crippen LogP contribution is -3.00. The molecular weight excluding hydrogens is 551 g/mol. The number of nitrogens with zero attached hydrogens (tertiary/aromatic N) is 4. The maximum absolute atomic E-state index is 2.26. The Balaban J connectivity index is 0. The Morgan fingerprint density at radius 2 is 0.900 bits per heavy atom. The van der Waals surface area contributed by atoms with Crippen LogP contribution in [0.5, 0.6) is 0 Å². The summed E-state index contributed by atoms with van der Waals surface area (Å²) >= 11 is 0. The van der Waals surface area contributed by atoms with E-state index in [-0.39, 0.29) is 41.0 Å². The zero-order valence-electron chi connectivity index (χ0n) is 19.9. The van der Waals surface area contributed by atoms with Crippen LogP contribution in [0.4, 0.5) is 0 Å². The lowest BCUT2D eigenvalue weighted by molar-refractivity contribution is -0.671. The number of hydrogen-bond donors (Lipinski definition) is 0. The van der Waals surface area contributed by atoms with Crippen molar-refractivity contribution >= 4 is 0 Å². The van der Waals surface area contributed by atoms with Crippen molar-refractivity contribution in [2.45, 2.75) is 104 Å². The van der Waals surface area contributed by atoms with Crippen molar-refractivity contribution in [3.8, 4) is 0 Å². The number of rotatable bonds is 14. The molecule has 4 nitrogen and oxygen atoms in total. The fourth-order valence-corrected chi connectivity index (χ4v) is 3.42. The number of aromatic nitrogens is 4. The molecule has 0 aliphatic rings. The lowest BCUT2D eigenvalue weighted by Gasteiger charge is -1.98. The van der Waals surface area contributed by atoms with Crippen molar-refractivity contribution in [1.82, 2.24) is 9.13 Å². The molecule has 0 aliphatic heterocycles. The van der Waals surface area contributed by atoms with Crippen molar-refractivity contribution in [2.75, 3.05) is 0 Å². The van der Waals surface area contributed by atoms with E-state index in [1.54, 1.807) is 0 Å². The average molecular weight is 597 g/mol. The summed E-state index contributed by atoms with van der Waals surface area (Å²) in [5.41, 5.74) is 0. The van der Waals surface area contributed by atoms with Crippen molar-refractivity contribution in [3.05, 3.63) is 37.4 Å². The summed E-state index contributed by atoms with van der Waals surface area (Å²) in [4.78, 5) is 0. The Kier molecular flexibility index (Phi) is 23.2. The van der Waals surface area contributed by atoms with Gasteiger partial charge in [0.15, 0.2) is 0 Å². The molecule has 2 aromatic heterocycles. The first kappa shape index (κ1) is 31.8. The van der Waals surface area contributed by atoms with E-state index in [0.29, 0.717) is 0 Å². The Morgan fingerprint density at radius 1 is 0.567 bits per heavy atom. The summed E-state index contributed by atoms with van der Waals surface area (Å²) in [5.74, 6) is 0. The summed E-state index contributed by atoms with van der Waals surface area (Å²) in [5, 5.41) is 0. The second-order valence-electron chi connectivity index (χ2n) is 8.17. The minimum absolute atomic E-state index is 0. The van der Waals surface area contributed by atoms with Crippen LogP contribution in [0.2, 0.25) is 0 Å². The number of hydrogen-bond acceptors (Lipinski definition) is 0. The van der Waals surface area contributed by atoms with Gasteiger partial charge < -0.3 is 41.0 Å². The molecule has 0 spiro atoms. The van der Waals surface area contributed by atoms with E-state index < -0.39 is 0 Å². The molecule has 6 heteroatoms. The molecule has 0 atom stereocenters. The van der Waals surface area contributed by atoms with Gasteiger partial charge in [-0.3, -0.25) is 0 Å². The van der Waals surface area contributed by atoms with Gasteiger partial charge in [-0.1, -0.05) is 65.2 Å². The predicted octanol–water partition coefficient (Wildman–Crippen LogP) is -0.646. The monoisotopic (exact) mass is 596 g/mol. The highest BCUT2D eigenvalue weighted by molar-refractivity contribution is 4.66. The Labute approximate surface area is 213 Å². The molecule has 0 radical (unpaired) electrons. The lowest BCUT2D eigenvalue weighted by atomic mass is 10.1. The van der Waals surface area contributed by atoms with E-state index in [2.05, 4.69) is 83.7 Å². The van der Waals surface area contributed by atoms with Gasteiger partial charge in [0.25, 0.3) is 0 Å². The summed E-state index contributed by atoms with van der Waals surface area (Å²) in [6, 6.07) is 0. The highest BCUT2D eigenvalue weighted by Crippen LogP contribution is 2.06. The van der Waals surface area contributed by atoms with Gasteiger partial charge in [0.1, 0.15) is 24.8 Å². The minimum atomic E-state index is 0. The molecule has 2 rings (SSSR count). The van der Waals surface area contributed by atoms with E-state index in [4.69, 9.17) is 0 Å². The van der Waals surface area contributed by atoms with Crippen LogP contribution in [0.3, 0.4) is 0 Å². The molecule has 0 N–H and O–H groups in total. The second kappa shape index (κ2) is 21.8.